The minimum Gasteiger partial charge on any atom is -0.369 e. The van der Waals surface area contributed by atoms with Gasteiger partial charge >= 0.3 is 12.4 Å². The van der Waals surface area contributed by atoms with Gasteiger partial charge in [0.25, 0.3) is 5.60 Å². The summed E-state index contributed by atoms with van der Waals surface area (Å²) in [6.07, 6.45) is -10.7. The molecule has 0 bridgehead atoms. The van der Waals surface area contributed by atoms with Gasteiger partial charge in [0, 0.05) is 17.3 Å². The monoisotopic (exact) mass is 355 g/mol. The van der Waals surface area contributed by atoms with Gasteiger partial charge in [0.2, 0.25) is 0 Å². The van der Waals surface area contributed by atoms with Crippen LogP contribution in [-0.2, 0) is 5.60 Å². The molecule has 2 aromatic rings. The molecule has 0 aliphatic carbocycles. The standard InChI is InChI=1S/C14H8ClF6NO/c15-11-9(5-3-7-22-11)8-4-1-2-6-10(8)12(23,13(16,17)18)14(19,20)21/h1-7,23H. The highest BCUT2D eigenvalue weighted by atomic mass is 35.5. The van der Waals surface area contributed by atoms with E-state index in [0.29, 0.717) is 6.07 Å². The van der Waals surface area contributed by atoms with Crippen molar-refractivity contribution in [1.29, 1.82) is 0 Å². The normalized spacial score (nSPS) is 13.2. The maximum absolute atomic E-state index is 13.1. The fourth-order valence-corrected chi connectivity index (χ4v) is 2.31. The van der Waals surface area contributed by atoms with Crippen molar-refractivity contribution in [2.75, 3.05) is 0 Å². The van der Waals surface area contributed by atoms with Gasteiger partial charge in [-0.15, -0.1) is 0 Å². The zero-order valence-electron chi connectivity index (χ0n) is 11.1. The van der Waals surface area contributed by atoms with Crippen molar-refractivity contribution in [3.63, 3.8) is 0 Å². The van der Waals surface area contributed by atoms with Gasteiger partial charge in [0.05, 0.1) is 0 Å². The first-order valence-corrected chi connectivity index (χ1v) is 6.44. The van der Waals surface area contributed by atoms with Crippen LogP contribution in [0.15, 0.2) is 42.6 Å². The Morgan fingerprint density at radius 1 is 0.826 bits per heavy atom. The average molecular weight is 356 g/mol. The van der Waals surface area contributed by atoms with Crippen LogP contribution in [0.3, 0.4) is 0 Å². The molecular formula is C14H8ClF6NO. The Morgan fingerprint density at radius 2 is 1.35 bits per heavy atom. The predicted molar refractivity (Wildman–Crippen MR) is 70.7 cm³/mol. The second-order valence-corrected chi connectivity index (χ2v) is 4.95. The molecule has 0 radical (unpaired) electrons. The largest absolute Gasteiger partial charge is 0.430 e. The van der Waals surface area contributed by atoms with Gasteiger partial charge in [0.15, 0.2) is 0 Å². The highest BCUT2D eigenvalue weighted by molar-refractivity contribution is 6.32. The number of alkyl halides is 6. The van der Waals surface area contributed by atoms with Crippen LogP contribution in [0, 0.1) is 0 Å². The van der Waals surface area contributed by atoms with Crippen LogP contribution in [0.2, 0.25) is 5.15 Å². The lowest BCUT2D eigenvalue weighted by molar-refractivity contribution is -0.376. The molecule has 0 aliphatic rings. The number of hydrogen-bond acceptors (Lipinski definition) is 2. The molecule has 1 aromatic carbocycles. The van der Waals surface area contributed by atoms with Crippen LogP contribution < -0.4 is 0 Å². The summed E-state index contributed by atoms with van der Waals surface area (Å²) in [5, 5.41) is 9.29. The molecule has 2 nitrogen and oxygen atoms in total. The lowest BCUT2D eigenvalue weighted by Crippen LogP contribution is -2.54. The van der Waals surface area contributed by atoms with Crippen molar-refractivity contribution in [2.24, 2.45) is 0 Å². The molecule has 1 heterocycles. The second kappa shape index (κ2) is 5.68. The summed E-state index contributed by atoms with van der Waals surface area (Å²) >= 11 is 5.75. The lowest BCUT2D eigenvalue weighted by atomic mass is 9.86. The van der Waals surface area contributed by atoms with Gasteiger partial charge < -0.3 is 5.11 Å². The molecule has 0 atom stereocenters. The maximum Gasteiger partial charge on any atom is 0.430 e. The quantitative estimate of drug-likeness (QED) is 0.625. The fourth-order valence-electron chi connectivity index (χ4n) is 2.09. The summed E-state index contributed by atoms with van der Waals surface area (Å²) in [5.74, 6) is 0. The van der Waals surface area contributed by atoms with E-state index < -0.39 is 29.1 Å². The minimum atomic E-state index is -5.98. The molecule has 0 aliphatic heterocycles. The van der Waals surface area contributed by atoms with E-state index in [0.717, 1.165) is 12.1 Å². The van der Waals surface area contributed by atoms with E-state index in [1.165, 1.54) is 24.4 Å². The van der Waals surface area contributed by atoms with Crippen LogP contribution in [-0.4, -0.2) is 22.4 Å². The molecule has 0 saturated carbocycles. The number of benzene rings is 1. The number of hydrogen-bond donors (Lipinski definition) is 1. The van der Waals surface area contributed by atoms with Gasteiger partial charge in [0.1, 0.15) is 5.15 Å². The van der Waals surface area contributed by atoms with E-state index in [2.05, 4.69) is 4.98 Å². The van der Waals surface area contributed by atoms with E-state index in [1.54, 1.807) is 0 Å². The van der Waals surface area contributed by atoms with Crippen LogP contribution in [0.25, 0.3) is 11.1 Å². The summed E-state index contributed by atoms with van der Waals surface area (Å²) in [6.45, 7) is 0. The molecule has 9 heteroatoms. The number of nitrogens with zero attached hydrogens (tertiary/aromatic N) is 1. The topological polar surface area (TPSA) is 33.1 Å². The van der Waals surface area contributed by atoms with E-state index in [4.69, 9.17) is 11.6 Å². The molecule has 1 aromatic heterocycles. The Morgan fingerprint density at radius 3 is 1.87 bits per heavy atom. The Labute approximate surface area is 131 Å². The van der Waals surface area contributed by atoms with Crippen molar-refractivity contribution in [3.05, 3.63) is 53.3 Å². The molecule has 1 N–H and O–H groups in total. The molecule has 23 heavy (non-hydrogen) atoms. The molecule has 0 amide bonds. The van der Waals surface area contributed by atoms with E-state index in [1.807, 2.05) is 0 Å². The summed E-state index contributed by atoms with van der Waals surface area (Å²) < 4.78 is 78.4. The average Bonchev–Trinajstić information content (AvgIpc) is 2.44. The minimum absolute atomic E-state index is 0.156. The van der Waals surface area contributed by atoms with Gasteiger partial charge in [-0.05, 0) is 17.7 Å². The predicted octanol–water partition coefficient (Wildman–Crippen LogP) is 4.71. The zero-order chi connectivity index (χ0) is 17.5. The molecule has 2 rings (SSSR count). The number of aromatic nitrogens is 1. The van der Waals surface area contributed by atoms with E-state index in [9.17, 15) is 31.4 Å². The van der Waals surface area contributed by atoms with Crippen molar-refractivity contribution in [1.82, 2.24) is 4.98 Å². The maximum atomic E-state index is 13.1. The summed E-state index contributed by atoms with van der Waals surface area (Å²) in [6, 6.07) is 6.26. The van der Waals surface area contributed by atoms with Crippen molar-refractivity contribution >= 4 is 11.6 Å². The first-order chi connectivity index (χ1) is 10.5. The third-order valence-corrected chi connectivity index (χ3v) is 3.49. The van der Waals surface area contributed by atoms with Gasteiger partial charge in [-0.2, -0.15) is 26.3 Å². The Balaban J connectivity index is 2.81. The third-order valence-electron chi connectivity index (χ3n) is 3.19. The number of aliphatic hydroxyl groups is 1. The SMILES string of the molecule is OC(c1ccccc1-c1cccnc1Cl)(C(F)(F)F)C(F)(F)F. The highest BCUT2D eigenvalue weighted by Crippen LogP contribution is 2.52. The first-order valence-electron chi connectivity index (χ1n) is 6.06. The van der Waals surface area contributed by atoms with Crippen molar-refractivity contribution < 1.29 is 31.4 Å². The Kier molecular flexibility index (Phi) is 4.34. The summed E-state index contributed by atoms with van der Waals surface area (Å²) in [5.41, 5.74) is -7.06. The van der Waals surface area contributed by atoms with Gasteiger partial charge in [-0.25, -0.2) is 4.98 Å². The smallest absolute Gasteiger partial charge is 0.369 e. The van der Waals surface area contributed by atoms with Gasteiger partial charge in [-0.3, -0.25) is 0 Å². The molecule has 0 saturated heterocycles. The first kappa shape index (κ1) is 17.6. The fraction of sp³-hybridized carbons (Fsp3) is 0.214. The number of rotatable bonds is 2. The number of pyridine rings is 1. The molecule has 124 valence electrons. The molecule has 0 unspecified atom stereocenters. The number of halogens is 7. The van der Waals surface area contributed by atoms with E-state index >= 15 is 0 Å². The summed E-state index contributed by atoms with van der Waals surface area (Å²) in [4.78, 5) is 3.62. The lowest BCUT2D eigenvalue weighted by Gasteiger charge is -2.34. The second-order valence-electron chi connectivity index (χ2n) is 4.59. The van der Waals surface area contributed by atoms with Crippen molar-refractivity contribution in [2.45, 2.75) is 18.0 Å². The summed E-state index contributed by atoms with van der Waals surface area (Å²) in [7, 11) is 0. The molecule has 0 fully saturated rings. The van der Waals surface area contributed by atoms with Crippen LogP contribution >= 0.6 is 11.6 Å². The van der Waals surface area contributed by atoms with Crippen molar-refractivity contribution in [3.8, 4) is 11.1 Å². The van der Waals surface area contributed by atoms with Crippen LogP contribution in [0.4, 0.5) is 26.3 Å². The molecular weight excluding hydrogens is 348 g/mol. The highest BCUT2D eigenvalue weighted by Gasteiger charge is 2.72. The third kappa shape index (κ3) is 2.88. The Bertz CT molecular complexity index is 699. The van der Waals surface area contributed by atoms with E-state index in [-0.39, 0.29) is 10.7 Å². The van der Waals surface area contributed by atoms with Crippen LogP contribution in [0.5, 0.6) is 0 Å². The zero-order valence-corrected chi connectivity index (χ0v) is 11.8. The molecule has 0 spiro atoms. The van der Waals surface area contributed by atoms with Gasteiger partial charge in [-0.1, -0.05) is 35.9 Å². The Hall–Kier alpha value is -1.80. The van der Waals surface area contributed by atoms with Crippen LogP contribution in [0.1, 0.15) is 5.56 Å².